The van der Waals surface area contributed by atoms with E-state index in [4.69, 9.17) is 9.26 Å². The third-order valence-corrected chi connectivity index (χ3v) is 4.56. The van der Waals surface area contributed by atoms with Crippen LogP contribution in [0.25, 0.3) is 11.3 Å². The second kappa shape index (κ2) is 5.92. The second-order valence-electron chi connectivity index (χ2n) is 5.04. The van der Waals surface area contributed by atoms with Crippen molar-refractivity contribution < 1.29 is 18.8 Å². The van der Waals surface area contributed by atoms with Crippen molar-refractivity contribution >= 4 is 23.2 Å². The molecule has 116 valence electrons. The molecule has 3 rings (SSSR count). The van der Waals surface area contributed by atoms with Crippen LogP contribution in [0.5, 0.6) is 0 Å². The van der Waals surface area contributed by atoms with Gasteiger partial charge in [0.05, 0.1) is 6.61 Å². The Balaban J connectivity index is 1.80. The van der Waals surface area contributed by atoms with Crippen molar-refractivity contribution in [1.29, 1.82) is 0 Å². The molecular formula is C15H16N2O4S. The van der Waals surface area contributed by atoms with Gasteiger partial charge in [-0.3, -0.25) is 4.79 Å². The van der Waals surface area contributed by atoms with E-state index < -0.39 is 17.9 Å². The summed E-state index contributed by atoms with van der Waals surface area (Å²) in [5.41, 5.74) is 2.07. The molecule has 0 radical (unpaired) electrons. The predicted molar refractivity (Wildman–Crippen MR) is 80.8 cm³/mol. The average molecular weight is 320 g/mol. The molecular weight excluding hydrogens is 304 g/mol. The van der Waals surface area contributed by atoms with Crippen LogP contribution in [0.15, 0.2) is 16.0 Å². The standard InChI is InChI=1S/C15H16N2O4S/c1-3-20-15(19)8(2)16-14(18)12-10-4-5-11-9(6-7-22-11)13(10)21-17-12/h6-8H,3-5H2,1-2H3,(H,16,18). The number of ether oxygens (including phenoxy) is 1. The third-order valence-electron chi connectivity index (χ3n) is 3.58. The van der Waals surface area contributed by atoms with Gasteiger partial charge >= 0.3 is 5.97 Å². The number of aryl methyl sites for hydroxylation is 1. The molecule has 1 aliphatic rings. The van der Waals surface area contributed by atoms with Crippen LogP contribution in [0.1, 0.15) is 34.8 Å². The molecule has 0 fully saturated rings. The van der Waals surface area contributed by atoms with Gasteiger partial charge in [-0.1, -0.05) is 5.16 Å². The minimum absolute atomic E-state index is 0.253. The smallest absolute Gasteiger partial charge is 0.328 e. The Kier molecular flexibility index (Phi) is 3.98. The van der Waals surface area contributed by atoms with E-state index in [1.807, 2.05) is 11.4 Å². The zero-order valence-electron chi connectivity index (χ0n) is 12.3. The topological polar surface area (TPSA) is 81.4 Å². The van der Waals surface area contributed by atoms with E-state index in [2.05, 4.69) is 10.5 Å². The largest absolute Gasteiger partial charge is 0.464 e. The van der Waals surface area contributed by atoms with E-state index in [0.717, 1.165) is 17.5 Å². The Hall–Kier alpha value is -2.15. The molecule has 22 heavy (non-hydrogen) atoms. The van der Waals surface area contributed by atoms with Crippen LogP contribution in [-0.4, -0.2) is 29.7 Å². The van der Waals surface area contributed by atoms with Gasteiger partial charge in [-0.2, -0.15) is 0 Å². The number of nitrogens with one attached hydrogen (secondary N) is 1. The van der Waals surface area contributed by atoms with Gasteiger partial charge in [-0.15, -0.1) is 11.3 Å². The quantitative estimate of drug-likeness (QED) is 0.873. The van der Waals surface area contributed by atoms with Gasteiger partial charge in [0.15, 0.2) is 11.5 Å². The summed E-state index contributed by atoms with van der Waals surface area (Å²) in [6, 6.07) is 1.26. The number of carbonyl (C=O) groups is 2. The fourth-order valence-corrected chi connectivity index (χ4v) is 3.37. The predicted octanol–water partition coefficient (Wildman–Crippen LogP) is 2.18. The molecule has 1 unspecified atom stereocenters. The minimum Gasteiger partial charge on any atom is -0.464 e. The molecule has 0 bridgehead atoms. The first-order valence-corrected chi connectivity index (χ1v) is 8.02. The molecule has 7 heteroatoms. The third kappa shape index (κ3) is 2.52. The van der Waals surface area contributed by atoms with Gasteiger partial charge in [-0.25, -0.2) is 4.79 Å². The van der Waals surface area contributed by atoms with Crippen LogP contribution in [0.3, 0.4) is 0 Å². The lowest BCUT2D eigenvalue weighted by atomic mass is 9.95. The van der Waals surface area contributed by atoms with E-state index in [9.17, 15) is 9.59 Å². The molecule has 0 spiro atoms. The highest BCUT2D eigenvalue weighted by molar-refractivity contribution is 7.10. The Labute approximate surface area is 131 Å². The van der Waals surface area contributed by atoms with Crippen molar-refractivity contribution in [3.63, 3.8) is 0 Å². The van der Waals surface area contributed by atoms with E-state index in [0.29, 0.717) is 12.2 Å². The Bertz CT molecular complexity index is 719. The first-order valence-electron chi connectivity index (χ1n) is 7.14. The lowest BCUT2D eigenvalue weighted by Gasteiger charge is -2.13. The normalized spacial score (nSPS) is 13.9. The van der Waals surface area contributed by atoms with Gasteiger partial charge < -0.3 is 14.6 Å². The van der Waals surface area contributed by atoms with E-state index in [1.54, 1.807) is 25.2 Å². The summed E-state index contributed by atoms with van der Waals surface area (Å²) >= 11 is 1.68. The number of rotatable bonds is 4. The number of carbonyl (C=O) groups excluding carboxylic acids is 2. The maximum atomic E-state index is 12.3. The first kappa shape index (κ1) is 14.8. The van der Waals surface area contributed by atoms with Crippen LogP contribution in [0.4, 0.5) is 0 Å². The van der Waals surface area contributed by atoms with Gasteiger partial charge in [0.25, 0.3) is 5.91 Å². The Morgan fingerprint density at radius 2 is 2.32 bits per heavy atom. The van der Waals surface area contributed by atoms with Gasteiger partial charge in [0, 0.05) is 16.0 Å². The Morgan fingerprint density at radius 3 is 3.09 bits per heavy atom. The summed E-state index contributed by atoms with van der Waals surface area (Å²) in [4.78, 5) is 25.1. The summed E-state index contributed by atoms with van der Waals surface area (Å²) in [5, 5.41) is 8.51. The van der Waals surface area contributed by atoms with Crippen LogP contribution in [-0.2, 0) is 22.4 Å². The molecule has 1 amide bonds. The van der Waals surface area contributed by atoms with Crippen LogP contribution in [0, 0.1) is 0 Å². The molecule has 6 nitrogen and oxygen atoms in total. The van der Waals surface area contributed by atoms with Crippen molar-refractivity contribution in [3.05, 3.63) is 27.6 Å². The fourth-order valence-electron chi connectivity index (χ4n) is 2.50. The van der Waals surface area contributed by atoms with Crippen molar-refractivity contribution in [2.24, 2.45) is 0 Å². The number of aromatic nitrogens is 1. The lowest BCUT2D eigenvalue weighted by Crippen LogP contribution is -2.40. The molecule has 0 aromatic carbocycles. The highest BCUT2D eigenvalue weighted by Crippen LogP contribution is 2.37. The van der Waals surface area contributed by atoms with Crippen LogP contribution >= 0.6 is 11.3 Å². The van der Waals surface area contributed by atoms with E-state index in [1.165, 1.54) is 4.88 Å². The number of nitrogens with zero attached hydrogens (tertiary/aromatic N) is 1. The van der Waals surface area contributed by atoms with Gasteiger partial charge in [0.2, 0.25) is 0 Å². The zero-order chi connectivity index (χ0) is 15.7. The molecule has 0 aliphatic heterocycles. The Morgan fingerprint density at radius 1 is 1.50 bits per heavy atom. The number of hydrogen-bond donors (Lipinski definition) is 1. The molecule has 1 aliphatic carbocycles. The highest BCUT2D eigenvalue weighted by atomic mass is 32.1. The first-order chi connectivity index (χ1) is 10.6. The van der Waals surface area contributed by atoms with Crippen molar-refractivity contribution in [1.82, 2.24) is 10.5 Å². The second-order valence-corrected chi connectivity index (χ2v) is 6.04. The summed E-state index contributed by atoms with van der Waals surface area (Å²) in [5.74, 6) is -0.214. The summed E-state index contributed by atoms with van der Waals surface area (Å²) in [6.45, 7) is 3.58. The molecule has 0 saturated carbocycles. The lowest BCUT2D eigenvalue weighted by molar-refractivity contribution is -0.144. The molecule has 2 heterocycles. The number of fused-ring (bicyclic) bond motifs is 3. The maximum absolute atomic E-state index is 12.3. The number of esters is 1. The summed E-state index contributed by atoms with van der Waals surface area (Å²) < 4.78 is 10.2. The molecule has 1 atom stereocenters. The zero-order valence-corrected chi connectivity index (χ0v) is 13.2. The van der Waals surface area contributed by atoms with Gasteiger partial charge in [0.1, 0.15) is 6.04 Å². The molecule has 2 aromatic heterocycles. The monoisotopic (exact) mass is 320 g/mol. The number of thiophene rings is 1. The van der Waals surface area contributed by atoms with Crippen molar-refractivity contribution in [2.45, 2.75) is 32.7 Å². The number of amides is 1. The SMILES string of the molecule is CCOC(=O)C(C)NC(=O)c1noc2c1CCc1sccc1-2. The minimum atomic E-state index is -0.722. The fraction of sp³-hybridized carbons (Fsp3) is 0.400. The van der Waals surface area contributed by atoms with E-state index in [-0.39, 0.29) is 12.3 Å². The number of hydrogen-bond acceptors (Lipinski definition) is 6. The van der Waals surface area contributed by atoms with Crippen LogP contribution < -0.4 is 5.32 Å². The van der Waals surface area contributed by atoms with Crippen LogP contribution in [0.2, 0.25) is 0 Å². The highest BCUT2D eigenvalue weighted by Gasteiger charge is 2.29. The molecule has 1 N–H and O–H groups in total. The van der Waals surface area contributed by atoms with Crippen molar-refractivity contribution in [2.75, 3.05) is 6.61 Å². The van der Waals surface area contributed by atoms with Gasteiger partial charge in [-0.05, 0) is 38.1 Å². The molecule has 0 saturated heterocycles. The molecule has 2 aromatic rings. The van der Waals surface area contributed by atoms with E-state index >= 15 is 0 Å². The average Bonchev–Trinajstić information content (AvgIpc) is 3.12. The summed E-state index contributed by atoms with van der Waals surface area (Å²) in [6.07, 6.45) is 1.58. The summed E-state index contributed by atoms with van der Waals surface area (Å²) in [7, 11) is 0. The van der Waals surface area contributed by atoms with Crippen molar-refractivity contribution in [3.8, 4) is 11.3 Å². The maximum Gasteiger partial charge on any atom is 0.328 e.